The number of anilines is 1. The van der Waals surface area contributed by atoms with E-state index >= 15 is 0 Å². The summed E-state index contributed by atoms with van der Waals surface area (Å²) >= 11 is 0. The molecule has 1 saturated carbocycles. The van der Waals surface area contributed by atoms with Crippen molar-refractivity contribution in [3.8, 4) is 23.3 Å². The number of carbonyl (C=O) groups excluding carboxylic acids is 1. The van der Waals surface area contributed by atoms with Crippen LogP contribution in [-0.2, 0) is 4.79 Å². The second kappa shape index (κ2) is 6.35. The average molecular weight is 295 g/mol. The van der Waals surface area contributed by atoms with Crippen molar-refractivity contribution < 1.29 is 9.53 Å². The lowest BCUT2D eigenvalue weighted by Gasteiger charge is -2.13. The molecule has 0 atom stereocenters. The van der Waals surface area contributed by atoms with Crippen LogP contribution in [0, 0.1) is 17.8 Å². The number of amides is 1. The fourth-order valence-corrected chi connectivity index (χ4v) is 2.07. The molecule has 1 N–H and O–H groups in total. The molecule has 1 aliphatic carbocycles. The number of imidazole rings is 1. The number of rotatable bonds is 5. The third-order valence-electron chi connectivity index (χ3n) is 3.42. The number of aromatic nitrogens is 2. The highest BCUT2D eigenvalue weighted by Gasteiger charge is 2.22. The van der Waals surface area contributed by atoms with Crippen molar-refractivity contribution >= 4 is 11.6 Å². The van der Waals surface area contributed by atoms with Gasteiger partial charge >= 0.3 is 0 Å². The molecule has 1 heterocycles. The van der Waals surface area contributed by atoms with Crippen LogP contribution in [-0.4, -0.2) is 22.1 Å². The Hall–Kier alpha value is -2.74. The fourth-order valence-electron chi connectivity index (χ4n) is 2.07. The molecule has 0 aliphatic heterocycles. The summed E-state index contributed by atoms with van der Waals surface area (Å²) < 4.78 is 7.69. The monoisotopic (exact) mass is 295 g/mol. The molecule has 2 aromatic rings. The Morgan fingerprint density at radius 3 is 3.05 bits per heavy atom. The zero-order valence-electron chi connectivity index (χ0n) is 12.4. The van der Waals surface area contributed by atoms with Gasteiger partial charge in [-0.3, -0.25) is 4.79 Å². The summed E-state index contributed by atoms with van der Waals surface area (Å²) in [6, 6.07) is 5.66. The number of hydrogen-bond acceptors (Lipinski definition) is 3. The van der Waals surface area contributed by atoms with Crippen molar-refractivity contribution in [3.63, 3.8) is 0 Å². The van der Waals surface area contributed by atoms with Gasteiger partial charge in [-0.1, -0.05) is 5.92 Å². The smallest absolute Gasteiger partial charge is 0.300 e. The van der Waals surface area contributed by atoms with Gasteiger partial charge in [0.15, 0.2) is 0 Å². The summed E-state index contributed by atoms with van der Waals surface area (Å²) in [4.78, 5) is 15.8. The minimum atomic E-state index is -0.346. The summed E-state index contributed by atoms with van der Waals surface area (Å²) in [7, 11) is 0. The first-order chi connectivity index (χ1) is 10.8. The lowest BCUT2D eigenvalue weighted by molar-refractivity contribution is -0.111. The lowest BCUT2D eigenvalue weighted by Crippen LogP contribution is -2.11. The normalized spacial score (nSPS) is 13.1. The number of carbonyl (C=O) groups is 1. The molecular formula is C17H17N3O2. The van der Waals surface area contributed by atoms with Gasteiger partial charge in [0.05, 0.1) is 18.6 Å². The van der Waals surface area contributed by atoms with Crippen LogP contribution in [0.4, 0.5) is 5.69 Å². The third-order valence-corrected chi connectivity index (χ3v) is 3.42. The highest BCUT2D eigenvalue weighted by molar-refractivity contribution is 6.04. The van der Waals surface area contributed by atoms with Crippen molar-refractivity contribution in [2.24, 2.45) is 5.92 Å². The average Bonchev–Trinajstić information content (AvgIpc) is 3.17. The zero-order chi connectivity index (χ0) is 15.4. The summed E-state index contributed by atoms with van der Waals surface area (Å²) in [6.07, 6.45) is 7.69. The van der Waals surface area contributed by atoms with E-state index in [0.717, 1.165) is 5.69 Å². The number of hydrogen-bond donors (Lipinski definition) is 1. The first-order valence-corrected chi connectivity index (χ1v) is 7.25. The number of nitrogens with one attached hydrogen (secondary N) is 1. The first kappa shape index (κ1) is 14.2. The van der Waals surface area contributed by atoms with Crippen LogP contribution in [0.5, 0.6) is 5.75 Å². The van der Waals surface area contributed by atoms with Crippen LogP contribution >= 0.6 is 0 Å². The molecule has 0 saturated heterocycles. The van der Waals surface area contributed by atoms with Crippen molar-refractivity contribution in [1.82, 2.24) is 9.55 Å². The van der Waals surface area contributed by atoms with Crippen LogP contribution in [0.1, 0.15) is 19.8 Å². The molecule has 0 bridgehead atoms. The number of ether oxygens (including phenoxy) is 1. The van der Waals surface area contributed by atoms with E-state index in [1.807, 2.05) is 29.0 Å². The van der Waals surface area contributed by atoms with Crippen LogP contribution in [0.2, 0.25) is 0 Å². The molecule has 0 spiro atoms. The van der Waals surface area contributed by atoms with Gasteiger partial charge in [0.1, 0.15) is 5.75 Å². The maximum Gasteiger partial charge on any atom is 0.300 e. The Kier molecular flexibility index (Phi) is 4.10. The molecule has 0 radical (unpaired) electrons. The number of nitrogens with zero attached hydrogens (tertiary/aromatic N) is 2. The highest BCUT2D eigenvalue weighted by Crippen LogP contribution is 2.32. The molecule has 3 rings (SSSR count). The Labute approximate surface area is 129 Å². The molecule has 1 fully saturated rings. The predicted octanol–water partition coefficient (Wildman–Crippen LogP) is 2.62. The lowest BCUT2D eigenvalue weighted by atomic mass is 10.2. The van der Waals surface area contributed by atoms with Crippen LogP contribution in [0.3, 0.4) is 0 Å². The van der Waals surface area contributed by atoms with Gasteiger partial charge in [-0.15, -0.1) is 0 Å². The summed E-state index contributed by atoms with van der Waals surface area (Å²) in [6.45, 7) is 2.32. The van der Waals surface area contributed by atoms with Gasteiger partial charge < -0.3 is 14.6 Å². The Bertz CT molecular complexity index is 722. The Morgan fingerprint density at radius 2 is 2.36 bits per heavy atom. The molecular weight excluding hydrogens is 278 g/mol. The molecule has 1 aromatic heterocycles. The molecule has 1 aromatic carbocycles. The second-order valence-corrected chi connectivity index (χ2v) is 5.23. The summed E-state index contributed by atoms with van der Waals surface area (Å²) in [5.41, 5.74) is 1.52. The largest absolute Gasteiger partial charge is 0.491 e. The van der Waals surface area contributed by atoms with Gasteiger partial charge in [0.25, 0.3) is 5.91 Å². The van der Waals surface area contributed by atoms with E-state index in [-0.39, 0.29) is 5.91 Å². The molecule has 1 amide bonds. The SMILES string of the molecule is CC#CC(=O)Nc1cc(-n2ccnc2)ccc1OCC1CC1. The molecule has 5 nitrogen and oxygen atoms in total. The van der Waals surface area contributed by atoms with Crippen molar-refractivity contribution in [3.05, 3.63) is 36.9 Å². The van der Waals surface area contributed by atoms with Crippen molar-refractivity contribution in [2.75, 3.05) is 11.9 Å². The van der Waals surface area contributed by atoms with Crippen LogP contribution in [0.25, 0.3) is 5.69 Å². The van der Waals surface area contributed by atoms with Gasteiger partial charge in [-0.2, -0.15) is 0 Å². The van der Waals surface area contributed by atoms with E-state index in [4.69, 9.17) is 4.74 Å². The minimum Gasteiger partial charge on any atom is -0.491 e. The van der Waals surface area contributed by atoms with Crippen molar-refractivity contribution in [2.45, 2.75) is 19.8 Å². The Morgan fingerprint density at radius 1 is 1.50 bits per heavy atom. The minimum absolute atomic E-state index is 0.346. The predicted molar refractivity (Wildman–Crippen MR) is 83.9 cm³/mol. The standard InChI is InChI=1S/C17H17N3O2/c1-2-3-17(21)19-15-10-14(20-9-8-18-12-20)6-7-16(15)22-11-13-4-5-13/h6-10,12-13H,4-5,11H2,1H3,(H,19,21). The van der Waals surface area contributed by atoms with E-state index in [1.54, 1.807) is 19.4 Å². The third kappa shape index (κ3) is 3.47. The number of benzene rings is 1. The molecule has 1 aliphatic rings. The van der Waals surface area contributed by atoms with E-state index < -0.39 is 0 Å². The van der Waals surface area contributed by atoms with E-state index in [0.29, 0.717) is 24.0 Å². The molecule has 22 heavy (non-hydrogen) atoms. The van der Waals surface area contributed by atoms with Gasteiger partial charge in [0.2, 0.25) is 0 Å². The quantitative estimate of drug-likeness (QED) is 0.863. The van der Waals surface area contributed by atoms with E-state index in [2.05, 4.69) is 22.1 Å². The maximum atomic E-state index is 11.8. The van der Waals surface area contributed by atoms with Gasteiger partial charge in [0, 0.05) is 18.1 Å². The highest BCUT2D eigenvalue weighted by atomic mass is 16.5. The topological polar surface area (TPSA) is 56.2 Å². The first-order valence-electron chi connectivity index (χ1n) is 7.25. The zero-order valence-corrected chi connectivity index (χ0v) is 12.4. The summed E-state index contributed by atoms with van der Waals surface area (Å²) in [5.74, 6) is 6.04. The van der Waals surface area contributed by atoms with E-state index in [9.17, 15) is 4.79 Å². The van der Waals surface area contributed by atoms with Gasteiger partial charge in [-0.05, 0) is 49.8 Å². The summed E-state index contributed by atoms with van der Waals surface area (Å²) in [5, 5.41) is 2.79. The maximum absolute atomic E-state index is 11.8. The molecule has 0 unspecified atom stereocenters. The molecule has 112 valence electrons. The second-order valence-electron chi connectivity index (χ2n) is 5.23. The fraction of sp³-hybridized carbons (Fsp3) is 0.294. The van der Waals surface area contributed by atoms with Crippen molar-refractivity contribution in [1.29, 1.82) is 0 Å². The van der Waals surface area contributed by atoms with Gasteiger partial charge in [-0.25, -0.2) is 4.98 Å². The Balaban J connectivity index is 1.86. The van der Waals surface area contributed by atoms with E-state index in [1.165, 1.54) is 12.8 Å². The van der Waals surface area contributed by atoms with Crippen LogP contribution in [0.15, 0.2) is 36.9 Å². The van der Waals surface area contributed by atoms with Crippen LogP contribution < -0.4 is 10.1 Å². The molecule has 5 heteroatoms.